The molecule has 90 valence electrons. The lowest BCUT2D eigenvalue weighted by atomic mass is 10.3. The molecule has 1 N–H and O–H groups in total. The summed E-state index contributed by atoms with van der Waals surface area (Å²) in [5.74, 6) is -0.985. The quantitative estimate of drug-likeness (QED) is 0.783. The number of aromatic nitrogens is 3. The SMILES string of the molecule is O=C(O)c1nc(Cn2cnc3ccccc32)cs1. The number of carbonyl (C=O) groups is 1. The molecule has 0 atom stereocenters. The summed E-state index contributed by atoms with van der Waals surface area (Å²) in [5.41, 5.74) is 2.68. The summed E-state index contributed by atoms with van der Waals surface area (Å²) >= 11 is 1.14. The highest BCUT2D eigenvalue weighted by molar-refractivity contribution is 7.11. The third-order valence-corrected chi connectivity index (χ3v) is 3.47. The summed E-state index contributed by atoms with van der Waals surface area (Å²) in [6.45, 7) is 0.532. The van der Waals surface area contributed by atoms with Crippen LogP contribution in [-0.4, -0.2) is 25.6 Å². The van der Waals surface area contributed by atoms with Gasteiger partial charge >= 0.3 is 5.97 Å². The summed E-state index contributed by atoms with van der Waals surface area (Å²) in [6.07, 6.45) is 1.74. The van der Waals surface area contributed by atoms with Gasteiger partial charge in [-0.15, -0.1) is 11.3 Å². The van der Waals surface area contributed by atoms with E-state index in [2.05, 4.69) is 9.97 Å². The van der Waals surface area contributed by atoms with Crippen LogP contribution in [-0.2, 0) is 6.54 Å². The number of thiazole rings is 1. The molecular formula is C12H9N3O2S. The molecule has 2 aromatic heterocycles. The molecule has 0 bridgehead atoms. The van der Waals surface area contributed by atoms with Crippen molar-refractivity contribution in [1.29, 1.82) is 0 Å². The maximum Gasteiger partial charge on any atom is 0.365 e. The highest BCUT2D eigenvalue weighted by atomic mass is 32.1. The first kappa shape index (κ1) is 10.9. The van der Waals surface area contributed by atoms with E-state index in [0.717, 1.165) is 28.1 Å². The number of carboxylic acids is 1. The molecule has 6 heteroatoms. The van der Waals surface area contributed by atoms with Gasteiger partial charge in [0.1, 0.15) is 0 Å². The first-order valence-corrected chi connectivity index (χ1v) is 6.19. The second kappa shape index (κ2) is 4.23. The average molecular weight is 259 g/mol. The molecule has 0 unspecified atom stereocenters. The molecule has 3 rings (SSSR count). The summed E-state index contributed by atoms with van der Waals surface area (Å²) < 4.78 is 1.95. The molecule has 0 radical (unpaired) electrons. The monoisotopic (exact) mass is 259 g/mol. The maximum absolute atomic E-state index is 10.8. The summed E-state index contributed by atoms with van der Waals surface area (Å²) in [4.78, 5) is 19.1. The topological polar surface area (TPSA) is 68.0 Å². The van der Waals surface area contributed by atoms with Gasteiger partial charge in [0, 0.05) is 5.38 Å². The van der Waals surface area contributed by atoms with Gasteiger partial charge in [-0.25, -0.2) is 14.8 Å². The van der Waals surface area contributed by atoms with Crippen LogP contribution in [0.25, 0.3) is 11.0 Å². The van der Waals surface area contributed by atoms with Crippen LogP contribution in [0.5, 0.6) is 0 Å². The van der Waals surface area contributed by atoms with Gasteiger partial charge in [0.2, 0.25) is 5.01 Å². The van der Waals surface area contributed by atoms with Crippen LogP contribution in [0.2, 0.25) is 0 Å². The zero-order valence-electron chi connectivity index (χ0n) is 9.28. The van der Waals surface area contributed by atoms with Crippen molar-refractivity contribution in [1.82, 2.24) is 14.5 Å². The molecule has 0 amide bonds. The minimum Gasteiger partial charge on any atom is -0.476 e. The van der Waals surface area contributed by atoms with Crippen LogP contribution in [0, 0.1) is 0 Å². The van der Waals surface area contributed by atoms with E-state index in [0.29, 0.717) is 6.54 Å². The van der Waals surface area contributed by atoms with E-state index in [1.807, 2.05) is 28.8 Å². The Bertz CT molecular complexity index is 717. The van der Waals surface area contributed by atoms with Gasteiger partial charge in [-0.1, -0.05) is 12.1 Å². The average Bonchev–Trinajstić information content (AvgIpc) is 2.98. The van der Waals surface area contributed by atoms with Gasteiger partial charge in [-0.2, -0.15) is 0 Å². The van der Waals surface area contributed by atoms with Crippen LogP contribution in [0.3, 0.4) is 0 Å². The molecule has 5 nitrogen and oxygen atoms in total. The molecule has 0 aliphatic rings. The number of imidazole rings is 1. The number of rotatable bonds is 3. The van der Waals surface area contributed by atoms with E-state index in [1.54, 1.807) is 11.7 Å². The fourth-order valence-electron chi connectivity index (χ4n) is 1.79. The Labute approximate surface area is 106 Å². The lowest BCUT2D eigenvalue weighted by Gasteiger charge is -2.00. The van der Waals surface area contributed by atoms with Crippen molar-refractivity contribution in [2.45, 2.75) is 6.54 Å². The third-order valence-electron chi connectivity index (χ3n) is 2.59. The van der Waals surface area contributed by atoms with E-state index >= 15 is 0 Å². The van der Waals surface area contributed by atoms with Crippen molar-refractivity contribution in [3.63, 3.8) is 0 Å². The number of carboxylic acid groups (broad SMARTS) is 1. The second-order valence-electron chi connectivity index (χ2n) is 3.81. The van der Waals surface area contributed by atoms with Gasteiger partial charge in [0.05, 0.1) is 29.6 Å². The summed E-state index contributed by atoms with van der Waals surface area (Å²) in [6, 6.07) is 7.80. The number of fused-ring (bicyclic) bond motifs is 1. The first-order chi connectivity index (χ1) is 8.74. The number of hydrogen-bond donors (Lipinski definition) is 1. The standard InChI is InChI=1S/C12H9N3O2S/c16-12(17)11-14-8(6-18-11)5-15-7-13-9-3-1-2-4-10(9)15/h1-4,6-7H,5H2,(H,16,17). The van der Waals surface area contributed by atoms with E-state index in [4.69, 9.17) is 5.11 Å². The van der Waals surface area contributed by atoms with Gasteiger partial charge in [-0.3, -0.25) is 0 Å². The fourth-order valence-corrected chi connectivity index (χ4v) is 2.43. The van der Waals surface area contributed by atoms with Crippen molar-refractivity contribution in [3.05, 3.63) is 46.7 Å². The Kier molecular flexibility index (Phi) is 2.56. The van der Waals surface area contributed by atoms with Gasteiger partial charge in [-0.05, 0) is 12.1 Å². The van der Waals surface area contributed by atoms with Gasteiger partial charge < -0.3 is 9.67 Å². The Morgan fingerprint density at radius 1 is 1.39 bits per heavy atom. The Morgan fingerprint density at radius 2 is 2.22 bits per heavy atom. The van der Waals surface area contributed by atoms with Crippen molar-refractivity contribution >= 4 is 28.3 Å². The molecule has 0 aliphatic carbocycles. The number of nitrogens with zero attached hydrogens (tertiary/aromatic N) is 3. The molecule has 0 fully saturated rings. The summed E-state index contributed by atoms with van der Waals surface area (Å²) in [7, 11) is 0. The number of aromatic carboxylic acids is 1. The highest BCUT2D eigenvalue weighted by Gasteiger charge is 2.10. The van der Waals surface area contributed by atoms with E-state index in [-0.39, 0.29) is 5.01 Å². The van der Waals surface area contributed by atoms with Crippen LogP contribution in [0.15, 0.2) is 36.0 Å². The molecule has 0 saturated carbocycles. The van der Waals surface area contributed by atoms with E-state index in [1.165, 1.54) is 0 Å². The summed E-state index contributed by atoms with van der Waals surface area (Å²) in [5, 5.41) is 10.7. The molecule has 2 heterocycles. The zero-order chi connectivity index (χ0) is 12.5. The minimum absolute atomic E-state index is 0.120. The molecule has 0 saturated heterocycles. The number of hydrogen-bond acceptors (Lipinski definition) is 4. The van der Waals surface area contributed by atoms with Crippen LogP contribution in [0.1, 0.15) is 15.5 Å². The minimum atomic E-state index is -0.985. The van der Waals surface area contributed by atoms with Crippen molar-refractivity contribution in [2.24, 2.45) is 0 Å². The smallest absolute Gasteiger partial charge is 0.365 e. The lowest BCUT2D eigenvalue weighted by molar-refractivity contribution is 0.0696. The van der Waals surface area contributed by atoms with Gasteiger partial charge in [0.15, 0.2) is 0 Å². The van der Waals surface area contributed by atoms with Gasteiger partial charge in [0.25, 0.3) is 0 Å². The number of benzene rings is 1. The normalized spacial score (nSPS) is 10.9. The molecule has 18 heavy (non-hydrogen) atoms. The first-order valence-electron chi connectivity index (χ1n) is 5.31. The Hall–Kier alpha value is -2.21. The largest absolute Gasteiger partial charge is 0.476 e. The van der Waals surface area contributed by atoms with E-state index in [9.17, 15) is 4.79 Å². The molecule has 0 aliphatic heterocycles. The van der Waals surface area contributed by atoms with Crippen LogP contribution < -0.4 is 0 Å². The second-order valence-corrected chi connectivity index (χ2v) is 4.67. The van der Waals surface area contributed by atoms with Crippen molar-refractivity contribution < 1.29 is 9.90 Å². The number of para-hydroxylation sites is 2. The predicted molar refractivity (Wildman–Crippen MR) is 67.9 cm³/mol. The van der Waals surface area contributed by atoms with Crippen molar-refractivity contribution in [3.8, 4) is 0 Å². The predicted octanol–water partition coefficient (Wildman–Crippen LogP) is 2.24. The van der Waals surface area contributed by atoms with Crippen LogP contribution >= 0.6 is 11.3 Å². The maximum atomic E-state index is 10.8. The molecule has 1 aromatic carbocycles. The molecular weight excluding hydrogens is 250 g/mol. The Morgan fingerprint density at radius 3 is 3.00 bits per heavy atom. The van der Waals surface area contributed by atoms with Crippen molar-refractivity contribution in [2.75, 3.05) is 0 Å². The fraction of sp³-hybridized carbons (Fsp3) is 0.0833. The Balaban J connectivity index is 1.93. The highest BCUT2D eigenvalue weighted by Crippen LogP contribution is 2.15. The molecule has 0 spiro atoms. The molecule has 3 aromatic rings. The van der Waals surface area contributed by atoms with Crippen LogP contribution in [0.4, 0.5) is 0 Å². The third kappa shape index (κ3) is 1.86. The zero-order valence-corrected chi connectivity index (χ0v) is 10.1. The van der Waals surface area contributed by atoms with E-state index < -0.39 is 5.97 Å². The lowest BCUT2D eigenvalue weighted by Crippen LogP contribution is -2.00.